The lowest BCUT2D eigenvalue weighted by atomic mass is 9.83. The molecule has 1 aliphatic carbocycles. The zero-order valence-electron chi connectivity index (χ0n) is 11.1. The molecule has 0 aromatic heterocycles. The van der Waals surface area contributed by atoms with Gasteiger partial charge in [-0.3, -0.25) is 0 Å². The lowest BCUT2D eigenvalue weighted by Gasteiger charge is -2.32. The monoisotopic (exact) mass is 329 g/mol. The molecule has 1 saturated carbocycles. The molecule has 0 heterocycles. The van der Waals surface area contributed by atoms with E-state index >= 15 is 0 Å². The van der Waals surface area contributed by atoms with Crippen LogP contribution in [0, 0.1) is 12.8 Å². The Kier molecular flexibility index (Phi) is 4.97. The van der Waals surface area contributed by atoms with Crippen molar-refractivity contribution >= 4 is 33.2 Å². The van der Waals surface area contributed by atoms with Gasteiger partial charge in [0, 0.05) is 15.5 Å². The number of benzene rings is 1. The highest BCUT2D eigenvalue weighted by Crippen LogP contribution is 2.34. The predicted octanol–water partition coefficient (Wildman–Crippen LogP) is 5.79. The highest BCUT2D eigenvalue weighted by molar-refractivity contribution is 9.10. The molecule has 1 nitrogen and oxygen atoms in total. The Morgan fingerprint density at radius 3 is 2.78 bits per heavy atom. The zero-order valence-corrected chi connectivity index (χ0v) is 13.4. The summed E-state index contributed by atoms with van der Waals surface area (Å²) >= 11 is 9.84. The largest absolute Gasteiger partial charge is 0.381 e. The van der Waals surface area contributed by atoms with E-state index < -0.39 is 0 Å². The van der Waals surface area contributed by atoms with E-state index in [-0.39, 0.29) is 0 Å². The Morgan fingerprint density at radius 2 is 2.06 bits per heavy atom. The molecule has 3 heteroatoms. The normalized spacial score (nSPS) is 24.0. The Balaban J connectivity index is 2.15. The fourth-order valence-corrected chi connectivity index (χ4v) is 3.58. The van der Waals surface area contributed by atoms with Gasteiger partial charge in [0.2, 0.25) is 0 Å². The van der Waals surface area contributed by atoms with Gasteiger partial charge in [0.15, 0.2) is 0 Å². The summed E-state index contributed by atoms with van der Waals surface area (Å²) in [6, 6.07) is 4.73. The number of aryl methyl sites for hydroxylation is 1. The van der Waals surface area contributed by atoms with Crippen LogP contribution in [0.2, 0.25) is 5.02 Å². The van der Waals surface area contributed by atoms with Crippen LogP contribution in [0.15, 0.2) is 16.6 Å². The van der Waals surface area contributed by atoms with E-state index in [1.807, 2.05) is 13.0 Å². The number of nitrogens with one attached hydrogen (secondary N) is 1. The number of hydrogen-bond acceptors (Lipinski definition) is 1. The molecule has 2 rings (SSSR count). The second kappa shape index (κ2) is 6.29. The molecule has 0 radical (unpaired) electrons. The minimum atomic E-state index is 0.596. The summed E-state index contributed by atoms with van der Waals surface area (Å²) in [5.41, 5.74) is 2.25. The molecule has 1 aliphatic rings. The smallest absolute Gasteiger partial charge is 0.0502 e. The molecule has 2 atom stereocenters. The Bertz CT molecular complexity index is 419. The van der Waals surface area contributed by atoms with Crippen LogP contribution >= 0.6 is 27.5 Å². The minimum absolute atomic E-state index is 0.596. The average molecular weight is 331 g/mol. The maximum atomic E-state index is 6.21. The Hall–Kier alpha value is -0.210. The van der Waals surface area contributed by atoms with E-state index in [1.165, 1.54) is 32.1 Å². The number of hydrogen-bond donors (Lipinski definition) is 1. The van der Waals surface area contributed by atoms with Crippen LogP contribution in [0.25, 0.3) is 0 Å². The molecule has 1 fully saturated rings. The number of anilines is 1. The van der Waals surface area contributed by atoms with Gasteiger partial charge in [-0.15, -0.1) is 0 Å². The topological polar surface area (TPSA) is 12.0 Å². The Labute approximate surface area is 123 Å². The second-order valence-electron chi connectivity index (χ2n) is 5.28. The van der Waals surface area contributed by atoms with Crippen LogP contribution < -0.4 is 5.32 Å². The van der Waals surface area contributed by atoms with Crippen LogP contribution in [0.4, 0.5) is 5.69 Å². The van der Waals surface area contributed by atoms with Gasteiger partial charge < -0.3 is 5.32 Å². The molecule has 100 valence electrons. The average Bonchev–Trinajstić information content (AvgIpc) is 2.36. The van der Waals surface area contributed by atoms with Gasteiger partial charge in [-0.05, 0) is 59.3 Å². The van der Waals surface area contributed by atoms with Crippen molar-refractivity contribution in [1.29, 1.82) is 0 Å². The zero-order chi connectivity index (χ0) is 13.1. The first-order valence-corrected chi connectivity index (χ1v) is 8.01. The van der Waals surface area contributed by atoms with Crippen molar-refractivity contribution in [3.05, 3.63) is 27.2 Å². The lowest BCUT2D eigenvalue weighted by Crippen LogP contribution is -2.31. The summed E-state index contributed by atoms with van der Waals surface area (Å²) in [4.78, 5) is 0. The lowest BCUT2D eigenvalue weighted by molar-refractivity contribution is 0.317. The third-order valence-electron chi connectivity index (χ3n) is 4.02. The number of rotatable bonds is 3. The van der Waals surface area contributed by atoms with E-state index in [0.29, 0.717) is 6.04 Å². The van der Waals surface area contributed by atoms with Gasteiger partial charge in [0.05, 0.1) is 5.69 Å². The summed E-state index contributed by atoms with van der Waals surface area (Å²) in [5.74, 6) is 0.797. The first-order valence-electron chi connectivity index (χ1n) is 6.84. The van der Waals surface area contributed by atoms with E-state index in [2.05, 4.69) is 34.2 Å². The van der Waals surface area contributed by atoms with Crippen molar-refractivity contribution < 1.29 is 0 Å². The van der Waals surface area contributed by atoms with Crippen molar-refractivity contribution in [2.24, 2.45) is 5.92 Å². The van der Waals surface area contributed by atoms with Crippen molar-refractivity contribution in [2.45, 2.75) is 52.0 Å². The highest BCUT2D eigenvalue weighted by Gasteiger charge is 2.24. The van der Waals surface area contributed by atoms with Crippen LogP contribution in [0.3, 0.4) is 0 Å². The molecule has 1 aromatic carbocycles. The van der Waals surface area contributed by atoms with Crippen molar-refractivity contribution in [2.75, 3.05) is 5.32 Å². The predicted molar refractivity (Wildman–Crippen MR) is 83.5 cm³/mol. The SMILES string of the molecule is CCC1CCCCC1Nc1cc(Cl)c(C)cc1Br. The molecular weight excluding hydrogens is 310 g/mol. The standard InChI is InChI=1S/C15H21BrClN/c1-3-11-6-4-5-7-14(11)18-15-9-13(17)10(2)8-12(15)16/h8-9,11,14,18H,3-7H2,1-2H3. The van der Waals surface area contributed by atoms with Crippen LogP contribution in [0.1, 0.15) is 44.6 Å². The summed E-state index contributed by atoms with van der Waals surface area (Å²) in [6.45, 7) is 4.33. The van der Waals surface area contributed by atoms with Crippen LogP contribution in [-0.4, -0.2) is 6.04 Å². The van der Waals surface area contributed by atoms with Crippen molar-refractivity contribution in [3.8, 4) is 0 Å². The Morgan fingerprint density at radius 1 is 1.33 bits per heavy atom. The van der Waals surface area contributed by atoms with Gasteiger partial charge in [0.1, 0.15) is 0 Å². The summed E-state index contributed by atoms with van der Waals surface area (Å²) < 4.78 is 1.12. The highest BCUT2D eigenvalue weighted by atomic mass is 79.9. The number of halogens is 2. The van der Waals surface area contributed by atoms with Gasteiger partial charge in [-0.1, -0.05) is 37.8 Å². The summed E-state index contributed by atoms with van der Waals surface area (Å²) in [7, 11) is 0. The van der Waals surface area contributed by atoms with Crippen molar-refractivity contribution in [1.82, 2.24) is 0 Å². The van der Waals surface area contributed by atoms with Gasteiger partial charge in [-0.2, -0.15) is 0 Å². The fourth-order valence-electron chi connectivity index (χ4n) is 2.84. The third kappa shape index (κ3) is 3.21. The quantitative estimate of drug-likeness (QED) is 0.739. The summed E-state index contributed by atoms with van der Waals surface area (Å²) in [6.07, 6.45) is 6.61. The first kappa shape index (κ1) is 14.2. The molecule has 1 N–H and O–H groups in total. The van der Waals surface area contributed by atoms with Crippen LogP contribution in [0.5, 0.6) is 0 Å². The van der Waals surface area contributed by atoms with E-state index in [0.717, 1.165) is 26.7 Å². The molecule has 0 spiro atoms. The summed E-state index contributed by atoms with van der Waals surface area (Å²) in [5, 5.41) is 4.52. The molecule has 0 saturated heterocycles. The van der Waals surface area contributed by atoms with E-state index in [4.69, 9.17) is 11.6 Å². The minimum Gasteiger partial charge on any atom is -0.381 e. The molecule has 18 heavy (non-hydrogen) atoms. The first-order chi connectivity index (χ1) is 8.61. The molecule has 1 aromatic rings. The maximum Gasteiger partial charge on any atom is 0.0502 e. The van der Waals surface area contributed by atoms with Gasteiger partial charge in [-0.25, -0.2) is 0 Å². The van der Waals surface area contributed by atoms with Gasteiger partial charge in [0.25, 0.3) is 0 Å². The van der Waals surface area contributed by atoms with Crippen molar-refractivity contribution in [3.63, 3.8) is 0 Å². The maximum absolute atomic E-state index is 6.21. The molecular formula is C15H21BrClN. The van der Waals surface area contributed by atoms with E-state index in [1.54, 1.807) is 0 Å². The molecule has 0 aliphatic heterocycles. The van der Waals surface area contributed by atoms with Crippen LogP contribution in [-0.2, 0) is 0 Å². The second-order valence-corrected chi connectivity index (χ2v) is 6.55. The molecule has 2 unspecified atom stereocenters. The fraction of sp³-hybridized carbons (Fsp3) is 0.600. The molecule has 0 amide bonds. The molecule has 0 bridgehead atoms. The third-order valence-corrected chi connectivity index (χ3v) is 5.09. The van der Waals surface area contributed by atoms with E-state index in [9.17, 15) is 0 Å². The van der Waals surface area contributed by atoms with Gasteiger partial charge >= 0.3 is 0 Å².